The number of piperazine rings is 1. The molecule has 35 heavy (non-hydrogen) atoms. The number of benzene rings is 1. The fourth-order valence-electron chi connectivity index (χ4n) is 4.12. The first-order valence-corrected chi connectivity index (χ1v) is 11.3. The summed E-state index contributed by atoms with van der Waals surface area (Å²) in [6.45, 7) is 4.88. The van der Waals surface area contributed by atoms with E-state index >= 15 is 4.39 Å². The van der Waals surface area contributed by atoms with Gasteiger partial charge in [-0.3, -0.25) is 4.79 Å². The molecule has 1 aromatic carbocycles. The lowest BCUT2D eigenvalue weighted by Crippen LogP contribution is -2.47. The van der Waals surface area contributed by atoms with Crippen molar-refractivity contribution >= 4 is 23.6 Å². The number of nitrogens with zero attached hydrogens (tertiary/aromatic N) is 5. The summed E-state index contributed by atoms with van der Waals surface area (Å²) < 4.78 is 35.4. The molecular weight excluding hydrogens is 454 g/mol. The molecule has 0 atom stereocenters. The summed E-state index contributed by atoms with van der Waals surface area (Å²) in [5.41, 5.74) is 2.80. The average molecular weight is 479 g/mol. The van der Waals surface area contributed by atoms with Crippen molar-refractivity contribution in [3.8, 4) is 11.6 Å². The zero-order chi connectivity index (χ0) is 24.5. The van der Waals surface area contributed by atoms with Crippen molar-refractivity contribution < 1.29 is 18.3 Å². The minimum Gasteiger partial charge on any atom is -0.433 e. The van der Waals surface area contributed by atoms with E-state index in [9.17, 15) is 9.18 Å². The van der Waals surface area contributed by atoms with Crippen LogP contribution in [0, 0.1) is 11.6 Å². The van der Waals surface area contributed by atoms with Crippen LogP contribution in [0.4, 0.5) is 20.4 Å². The van der Waals surface area contributed by atoms with Gasteiger partial charge in [-0.15, -0.1) is 0 Å². The van der Waals surface area contributed by atoms with Gasteiger partial charge in [0.1, 0.15) is 12.1 Å². The van der Waals surface area contributed by atoms with Gasteiger partial charge >= 0.3 is 0 Å². The number of carbonyl (C=O) groups is 1. The molecule has 3 heterocycles. The summed E-state index contributed by atoms with van der Waals surface area (Å²) in [4.78, 5) is 28.6. The quantitative estimate of drug-likeness (QED) is 0.593. The summed E-state index contributed by atoms with van der Waals surface area (Å²) in [7, 11) is 2.02. The monoisotopic (exact) mass is 478 g/mol. The molecule has 1 fully saturated rings. The van der Waals surface area contributed by atoms with Crippen molar-refractivity contribution in [3.05, 3.63) is 70.7 Å². The topological polar surface area (TPSA) is 83.5 Å². The zero-order valence-corrected chi connectivity index (χ0v) is 19.4. The molecule has 0 bridgehead atoms. The van der Waals surface area contributed by atoms with Crippen molar-refractivity contribution in [2.45, 2.75) is 13.3 Å². The Hall–Kier alpha value is -3.92. The van der Waals surface area contributed by atoms with Crippen LogP contribution in [-0.4, -0.2) is 63.9 Å². The molecular formula is C25H24F2N6O2. The highest BCUT2D eigenvalue weighted by atomic mass is 19.1. The van der Waals surface area contributed by atoms with Gasteiger partial charge < -0.3 is 19.9 Å². The molecule has 2 aromatic heterocycles. The van der Waals surface area contributed by atoms with Crippen LogP contribution < -0.4 is 10.1 Å². The predicted octanol–water partition coefficient (Wildman–Crippen LogP) is 4.03. The maximum Gasteiger partial charge on any atom is 0.261 e. The van der Waals surface area contributed by atoms with E-state index in [0.717, 1.165) is 30.6 Å². The van der Waals surface area contributed by atoms with Crippen molar-refractivity contribution in [3.63, 3.8) is 0 Å². The third-order valence-electron chi connectivity index (χ3n) is 6.11. The molecule has 1 aliphatic heterocycles. The molecule has 1 saturated heterocycles. The molecule has 1 N–H and O–H groups in total. The molecule has 0 radical (unpaired) electrons. The molecule has 8 nitrogen and oxygen atoms in total. The molecule has 10 heteroatoms. The van der Waals surface area contributed by atoms with Crippen LogP contribution in [0.25, 0.3) is 6.08 Å². The number of anilines is 2. The second-order valence-electron chi connectivity index (χ2n) is 8.71. The SMILES string of the molecule is CC1=Cc2c(ccc(Oc3ncnc(Nc4ccc(C(=O)N5CCN(C)CC5)cn4)c3F)c2F)C1. The van der Waals surface area contributed by atoms with Gasteiger partial charge in [-0.2, -0.15) is 9.37 Å². The predicted molar refractivity (Wildman–Crippen MR) is 127 cm³/mol. The maximum absolute atomic E-state index is 15.1. The third-order valence-corrected chi connectivity index (χ3v) is 6.11. The maximum atomic E-state index is 15.1. The number of amides is 1. The van der Waals surface area contributed by atoms with Gasteiger partial charge in [0.25, 0.3) is 11.8 Å². The van der Waals surface area contributed by atoms with Crippen molar-refractivity contribution in [1.29, 1.82) is 0 Å². The number of pyridine rings is 1. The molecule has 1 aliphatic carbocycles. The number of hydrogen-bond acceptors (Lipinski definition) is 7. The van der Waals surface area contributed by atoms with Gasteiger partial charge in [0.05, 0.1) is 5.56 Å². The van der Waals surface area contributed by atoms with E-state index in [4.69, 9.17) is 4.74 Å². The number of rotatable bonds is 5. The summed E-state index contributed by atoms with van der Waals surface area (Å²) in [6.07, 6.45) is 4.98. The first-order chi connectivity index (χ1) is 16.9. The number of likely N-dealkylation sites (N-methyl/N-ethyl adjacent to an activating group) is 1. The van der Waals surface area contributed by atoms with Crippen LogP contribution in [0.15, 0.2) is 42.4 Å². The van der Waals surface area contributed by atoms with Crippen molar-refractivity contribution in [2.75, 3.05) is 38.5 Å². The van der Waals surface area contributed by atoms with Gasteiger partial charge in [-0.05, 0) is 44.2 Å². The van der Waals surface area contributed by atoms with Crippen LogP contribution in [0.1, 0.15) is 28.4 Å². The molecule has 1 amide bonds. The van der Waals surface area contributed by atoms with Gasteiger partial charge in [0, 0.05) is 37.9 Å². The van der Waals surface area contributed by atoms with Crippen LogP contribution in [0.2, 0.25) is 0 Å². The molecule has 0 saturated carbocycles. The number of ether oxygens (including phenoxy) is 1. The summed E-state index contributed by atoms with van der Waals surface area (Å²) in [5.74, 6) is -1.98. The van der Waals surface area contributed by atoms with Crippen molar-refractivity contribution in [2.24, 2.45) is 0 Å². The number of allylic oxidation sites excluding steroid dienone is 1. The second kappa shape index (κ2) is 9.38. The fourth-order valence-corrected chi connectivity index (χ4v) is 4.12. The standard InChI is InChI=1S/C25H24F2N6O2/c1-15-11-16-3-5-19(21(26)18(16)12-15)35-24-22(27)23(29-14-30-24)31-20-6-4-17(13-28-20)25(34)33-9-7-32(2)8-10-33/h3-6,12-14H,7-11H2,1-2H3,(H,28,29,30,31). The van der Waals surface area contributed by atoms with Gasteiger partial charge in [-0.1, -0.05) is 17.7 Å². The van der Waals surface area contributed by atoms with Gasteiger partial charge in [-0.25, -0.2) is 14.4 Å². The van der Waals surface area contributed by atoms with E-state index in [1.54, 1.807) is 29.2 Å². The van der Waals surface area contributed by atoms with Gasteiger partial charge in [0.2, 0.25) is 5.82 Å². The minimum atomic E-state index is -0.890. The Morgan fingerprint density at radius 2 is 1.83 bits per heavy atom. The molecule has 5 rings (SSSR count). The summed E-state index contributed by atoms with van der Waals surface area (Å²) >= 11 is 0. The van der Waals surface area contributed by atoms with E-state index in [2.05, 4.69) is 25.2 Å². The average Bonchev–Trinajstić information content (AvgIpc) is 3.25. The largest absolute Gasteiger partial charge is 0.433 e. The first kappa shape index (κ1) is 22.9. The lowest BCUT2D eigenvalue weighted by Gasteiger charge is -2.32. The lowest BCUT2D eigenvalue weighted by atomic mass is 10.1. The Morgan fingerprint density at radius 1 is 1.03 bits per heavy atom. The minimum absolute atomic E-state index is 0.0949. The Balaban J connectivity index is 1.30. The van der Waals surface area contributed by atoms with Crippen LogP contribution >= 0.6 is 0 Å². The highest BCUT2D eigenvalue weighted by molar-refractivity contribution is 5.94. The van der Waals surface area contributed by atoms with Crippen LogP contribution in [0.3, 0.4) is 0 Å². The normalized spacial score (nSPS) is 15.5. The highest BCUT2D eigenvalue weighted by Crippen LogP contribution is 2.35. The summed E-state index contributed by atoms with van der Waals surface area (Å²) in [6, 6.07) is 6.42. The number of aromatic nitrogens is 3. The lowest BCUT2D eigenvalue weighted by molar-refractivity contribution is 0.0663. The first-order valence-electron chi connectivity index (χ1n) is 11.3. The highest BCUT2D eigenvalue weighted by Gasteiger charge is 2.22. The Kier molecular flexibility index (Phi) is 6.12. The van der Waals surface area contributed by atoms with E-state index < -0.39 is 17.5 Å². The number of halogens is 2. The number of fused-ring (bicyclic) bond motifs is 1. The Morgan fingerprint density at radius 3 is 2.57 bits per heavy atom. The Bertz CT molecular complexity index is 1300. The van der Waals surface area contributed by atoms with Crippen LogP contribution in [0.5, 0.6) is 11.6 Å². The zero-order valence-electron chi connectivity index (χ0n) is 19.4. The third kappa shape index (κ3) is 4.69. The van der Waals surface area contributed by atoms with E-state index in [-0.39, 0.29) is 23.3 Å². The summed E-state index contributed by atoms with van der Waals surface area (Å²) in [5, 5.41) is 2.76. The molecule has 2 aliphatic rings. The number of nitrogens with one attached hydrogen (secondary N) is 1. The molecule has 0 unspecified atom stereocenters. The second-order valence-corrected chi connectivity index (χ2v) is 8.71. The Labute approximate surface area is 201 Å². The fraction of sp³-hybridized carbons (Fsp3) is 0.280. The molecule has 180 valence electrons. The van der Waals surface area contributed by atoms with Crippen LogP contribution in [-0.2, 0) is 6.42 Å². The number of hydrogen-bond donors (Lipinski definition) is 1. The van der Waals surface area contributed by atoms with Crippen molar-refractivity contribution in [1.82, 2.24) is 24.8 Å². The smallest absolute Gasteiger partial charge is 0.261 e. The van der Waals surface area contributed by atoms with Gasteiger partial charge in [0.15, 0.2) is 17.4 Å². The van der Waals surface area contributed by atoms with E-state index in [0.29, 0.717) is 30.6 Å². The van der Waals surface area contributed by atoms with E-state index in [1.165, 1.54) is 12.3 Å². The number of carbonyl (C=O) groups excluding carboxylic acids is 1. The molecule has 3 aromatic rings. The van der Waals surface area contributed by atoms with E-state index in [1.807, 2.05) is 14.0 Å². The molecule has 0 spiro atoms.